The number of aliphatic carboxylic acids is 1. The number of rotatable bonds is 17. The van der Waals surface area contributed by atoms with Crippen molar-refractivity contribution in [1.29, 1.82) is 0 Å². The van der Waals surface area contributed by atoms with Crippen LogP contribution in [0.5, 0.6) is 5.75 Å². The molecule has 2 aromatic heterocycles. The molecule has 1 fully saturated rings. The Bertz CT molecular complexity index is 2910. The monoisotopic (exact) mass is 962 g/mol. The maximum Gasteiger partial charge on any atom is 0.335 e. The van der Waals surface area contributed by atoms with Gasteiger partial charge in [0.05, 0.1) is 21.0 Å². The van der Waals surface area contributed by atoms with Gasteiger partial charge in [-0.2, -0.15) is 0 Å². The molecule has 356 valence electrons. The first-order valence-electron chi connectivity index (χ1n) is 20.5. The number of ether oxygens (including phenoxy) is 2. The number of halogens is 2. The molecule has 0 saturated carbocycles. The van der Waals surface area contributed by atoms with Crippen molar-refractivity contribution in [3.05, 3.63) is 132 Å². The number of aromatic nitrogens is 2. The quantitative estimate of drug-likeness (QED) is 0.0422. The van der Waals surface area contributed by atoms with Gasteiger partial charge in [-0.1, -0.05) is 18.2 Å². The van der Waals surface area contributed by atoms with Gasteiger partial charge < -0.3 is 51.6 Å². The number of imide groups is 1. The maximum atomic E-state index is 13.7. The number of benzene rings is 3. The molecule has 5 aromatic rings. The van der Waals surface area contributed by atoms with E-state index in [1.165, 1.54) is 36.4 Å². The van der Waals surface area contributed by atoms with Crippen molar-refractivity contribution in [1.82, 2.24) is 19.9 Å². The minimum atomic E-state index is -4.22. The number of carboxylic acid groups (broad SMARTS) is 1. The van der Waals surface area contributed by atoms with E-state index in [-0.39, 0.29) is 54.5 Å². The molecule has 9 N–H and O–H groups in total. The molecule has 2 aliphatic heterocycles. The van der Waals surface area contributed by atoms with Gasteiger partial charge in [-0.25, -0.2) is 31.0 Å². The van der Waals surface area contributed by atoms with E-state index >= 15 is 0 Å². The van der Waals surface area contributed by atoms with E-state index in [4.69, 9.17) is 15.2 Å². The summed E-state index contributed by atoms with van der Waals surface area (Å²) in [7, 11) is -4.22. The number of aliphatic hydroxyl groups excluding tert-OH is 3. The van der Waals surface area contributed by atoms with Gasteiger partial charge in [0.15, 0.2) is 6.10 Å². The fourth-order valence-corrected chi connectivity index (χ4v) is 8.59. The van der Waals surface area contributed by atoms with Crippen molar-refractivity contribution in [3.8, 4) is 5.75 Å². The summed E-state index contributed by atoms with van der Waals surface area (Å²) in [4.78, 5) is 75.2. The Hall–Kier alpha value is -7.48. The first-order valence-corrected chi connectivity index (χ1v) is 22.0. The molecule has 5 amide bonds. The summed E-state index contributed by atoms with van der Waals surface area (Å²) >= 11 is 0. The fourth-order valence-electron chi connectivity index (χ4n) is 7.29. The van der Waals surface area contributed by atoms with Gasteiger partial charge in [-0.3, -0.25) is 28.9 Å². The van der Waals surface area contributed by atoms with Crippen LogP contribution in [0.3, 0.4) is 0 Å². The van der Waals surface area contributed by atoms with Crippen LogP contribution in [0.1, 0.15) is 27.9 Å². The average molecular weight is 963 g/mol. The zero-order chi connectivity index (χ0) is 49.0. The number of carboxylic acids is 1. The molecule has 21 nitrogen and oxygen atoms in total. The highest BCUT2D eigenvalue weighted by atomic mass is 32.2. The summed E-state index contributed by atoms with van der Waals surface area (Å²) in [6.45, 7) is -0.498. The van der Waals surface area contributed by atoms with Crippen LogP contribution in [-0.4, -0.2) is 123 Å². The number of anilines is 1. The highest BCUT2D eigenvalue weighted by Crippen LogP contribution is 2.31. The number of nitrogens with two attached hydrogens (primary N) is 1. The molecule has 3 aromatic carbocycles. The predicted molar refractivity (Wildman–Crippen MR) is 228 cm³/mol. The van der Waals surface area contributed by atoms with E-state index in [1.54, 1.807) is 45.8 Å². The Kier molecular flexibility index (Phi) is 14.4. The van der Waals surface area contributed by atoms with E-state index in [0.717, 1.165) is 12.2 Å². The number of sulfone groups is 1. The van der Waals surface area contributed by atoms with Crippen LogP contribution in [0.15, 0.2) is 113 Å². The van der Waals surface area contributed by atoms with Crippen LogP contribution in [0, 0.1) is 11.6 Å². The lowest BCUT2D eigenvalue weighted by Crippen LogP contribution is -2.61. The molecule has 1 saturated heterocycles. The van der Waals surface area contributed by atoms with Crippen molar-refractivity contribution in [2.24, 2.45) is 5.73 Å². The molecule has 24 heteroatoms. The van der Waals surface area contributed by atoms with Gasteiger partial charge in [-0.05, 0) is 53.6 Å². The van der Waals surface area contributed by atoms with E-state index in [2.05, 4.69) is 16.0 Å². The van der Waals surface area contributed by atoms with Crippen LogP contribution < -0.4 is 31.0 Å². The summed E-state index contributed by atoms with van der Waals surface area (Å²) in [5.41, 5.74) is 7.59. The SMILES string of the molecule is NCC(C(=O)NCCC(=O)Nc1cc(C[n+]2ccn3cc(C(=O)NCc4ccc(S(=O)(=O)c5cc(F)cc(F)c5)cc4)ccc32)ccc1O[C@@H]1O[C@H](C(=O)O)[C@@H](O)[C@H](O)[C@H]1O)N1C(=O)C=CC1=O. The van der Waals surface area contributed by atoms with Crippen molar-refractivity contribution < 1.29 is 80.4 Å². The number of amides is 5. The lowest BCUT2D eigenvalue weighted by Gasteiger charge is -2.38. The van der Waals surface area contributed by atoms with Crippen LogP contribution in [0.2, 0.25) is 0 Å². The Morgan fingerprint density at radius 1 is 0.853 bits per heavy atom. The average Bonchev–Trinajstić information content (AvgIpc) is 3.86. The first kappa shape index (κ1) is 48.5. The largest absolute Gasteiger partial charge is 0.479 e. The Morgan fingerprint density at radius 3 is 2.19 bits per heavy atom. The van der Waals surface area contributed by atoms with Crippen molar-refractivity contribution in [2.75, 3.05) is 18.4 Å². The second-order valence-electron chi connectivity index (χ2n) is 15.4. The number of hydrogen-bond donors (Lipinski definition) is 8. The number of hydrogen-bond acceptors (Lipinski definition) is 14. The third-order valence-corrected chi connectivity index (χ3v) is 12.6. The predicted octanol–water partition coefficient (Wildman–Crippen LogP) is -0.716. The molecule has 1 unspecified atom stereocenters. The minimum absolute atomic E-state index is 0.00886. The molecule has 6 atom stereocenters. The zero-order valence-corrected chi connectivity index (χ0v) is 36.1. The van der Waals surface area contributed by atoms with Crippen LogP contribution >= 0.6 is 0 Å². The third kappa shape index (κ3) is 10.5. The minimum Gasteiger partial charge on any atom is -0.479 e. The van der Waals surface area contributed by atoms with Crippen LogP contribution in [0.4, 0.5) is 14.5 Å². The second-order valence-corrected chi connectivity index (χ2v) is 17.4. The maximum absolute atomic E-state index is 13.7. The highest BCUT2D eigenvalue weighted by molar-refractivity contribution is 7.91. The van der Waals surface area contributed by atoms with Gasteiger partial charge in [0.2, 0.25) is 27.9 Å². The summed E-state index contributed by atoms with van der Waals surface area (Å²) in [6, 6.07) is 13.8. The number of nitrogens with zero attached hydrogens (tertiary/aromatic N) is 3. The van der Waals surface area contributed by atoms with Gasteiger partial charge in [0, 0.05) is 50.3 Å². The van der Waals surface area contributed by atoms with Crippen LogP contribution in [-0.2, 0) is 51.6 Å². The Balaban J connectivity index is 1.03. The number of nitrogens with one attached hydrogen (secondary N) is 3. The number of carbonyl (C=O) groups excluding carboxylic acids is 5. The zero-order valence-electron chi connectivity index (χ0n) is 35.3. The van der Waals surface area contributed by atoms with Crippen molar-refractivity contribution in [3.63, 3.8) is 0 Å². The molecule has 0 bridgehead atoms. The molecule has 0 spiro atoms. The molecular formula is C44H42F2N7O14S+. The van der Waals surface area contributed by atoms with Crippen molar-refractivity contribution >= 4 is 56.7 Å². The summed E-state index contributed by atoms with van der Waals surface area (Å²) in [5, 5.41) is 48.5. The number of carbonyl (C=O) groups is 6. The third-order valence-electron chi connectivity index (χ3n) is 10.8. The number of aliphatic hydroxyl groups is 3. The molecule has 68 heavy (non-hydrogen) atoms. The Morgan fingerprint density at radius 2 is 1.53 bits per heavy atom. The van der Waals surface area contributed by atoms with Crippen molar-refractivity contribution in [2.45, 2.75) is 66.0 Å². The number of pyridine rings is 1. The van der Waals surface area contributed by atoms with Gasteiger partial charge in [0.25, 0.3) is 23.4 Å². The second kappa shape index (κ2) is 20.2. The van der Waals surface area contributed by atoms with Gasteiger partial charge in [-0.15, -0.1) is 0 Å². The van der Waals surface area contributed by atoms with E-state index in [0.29, 0.717) is 39.9 Å². The van der Waals surface area contributed by atoms with E-state index in [9.17, 15) is 66.4 Å². The summed E-state index contributed by atoms with van der Waals surface area (Å²) in [6.07, 6.45) is -3.17. The molecule has 2 aliphatic rings. The number of fused-ring (bicyclic) bond motifs is 1. The van der Waals surface area contributed by atoms with E-state index in [1.807, 2.05) is 0 Å². The molecule has 7 rings (SSSR count). The van der Waals surface area contributed by atoms with E-state index < -0.39 is 98.6 Å². The Labute approximate surface area is 383 Å². The molecule has 0 aliphatic carbocycles. The van der Waals surface area contributed by atoms with Gasteiger partial charge >= 0.3 is 5.97 Å². The topological polar surface area (TPSA) is 310 Å². The lowest BCUT2D eigenvalue weighted by atomic mass is 9.99. The first-order chi connectivity index (χ1) is 32.3. The van der Waals surface area contributed by atoms with Gasteiger partial charge in [0.1, 0.15) is 66.9 Å². The smallest absolute Gasteiger partial charge is 0.335 e. The van der Waals surface area contributed by atoms with Crippen LogP contribution in [0.25, 0.3) is 5.65 Å². The normalized spacial score (nSPS) is 19.7. The molecule has 0 radical (unpaired) electrons. The summed E-state index contributed by atoms with van der Waals surface area (Å²) in [5.74, 6) is -7.28. The fraction of sp³-hybridized carbons (Fsp3) is 0.250. The molecular weight excluding hydrogens is 921 g/mol. The lowest BCUT2D eigenvalue weighted by molar-refractivity contribution is -0.661. The standard InChI is InChI=1S/C44H41F2N7O14S/c45-26-16-27(46)18-29(17-26)68(64,65)28-5-1-23(2-6-28)20-49-41(60)25-4-8-34-51(13-14-52(34)22-25)21-24-3-7-32(66-44-39(59)37(57)38(58)40(67-44)43(62)63)30(15-24)50-33(54)11-12-48-42(61)31(19-47)53-35(55)9-10-36(53)56/h1-10,13-18,22,31,37-40,44,57-59H,11-12,19-21,47H2,(H3-,48,49,50,54,60,61,62,63)/p+1/t31?,37-,38-,39+,40-,44+/m0/s1. The number of imidazole rings is 1. The summed E-state index contributed by atoms with van der Waals surface area (Å²) < 4.78 is 67.7. The molecule has 4 heterocycles. The highest BCUT2D eigenvalue weighted by Gasteiger charge is 2.48.